The first kappa shape index (κ1) is 29.2. The number of rotatable bonds is 9. The molecule has 1 aromatic heterocycles. The van der Waals surface area contributed by atoms with Crippen molar-refractivity contribution in [3.63, 3.8) is 0 Å². The van der Waals surface area contributed by atoms with Crippen molar-refractivity contribution >= 4 is 46.1 Å². The maximum absolute atomic E-state index is 13.0. The highest BCUT2D eigenvalue weighted by Gasteiger charge is 2.33. The first-order chi connectivity index (χ1) is 20.5. The molecular weight excluding hydrogens is 565 g/mol. The third kappa shape index (κ3) is 6.53. The number of aromatic nitrogens is 1. The van der Waals surface area contributed by atoms with Gasteiger partial charge in [0.15, 0.2) is 11.4 Å². The smallest absolute Gasteiger partial charge is 0.257 e. The number of aryl methyl sites for hydroxylation is 1. The third-order valence-corrected chi connectivity index (χ3v) is 11.6. The summed E-state index contributed by atoms with van der Waals surface area (Å²) >= 11 is 2.93. The van der Waals surface area contributed by atoms with Gasteiger partial charge in [0.2, 0.25) is 0 Å². The molecule has 7 nitrogen and oxygen atoms in total. The molecule has 1 N–H and O–H groups in total. The van der Waals surface area contributed by atoms with Crippen LogP contribution in [0.5, 0.6) is 5.75 Å². The summed E-state index contributed by atoms with van der Waals surface area (Å²) in [6.07, 6.45) is 12.6. The SMILES string of the molecule is COc1cc(C)c(Sc2cnc(NC(=O)c3ccc(N4CCN(C5CCC(C6CCC6)CC5)CC4)cc3)s2)cc1C=O. The quantitative estimate of drug-likeness (QED) is 0.260. The van der Waals surface area contributed by atoms with Crippen molar-refractivity contribution in [3.05, 3.63) is 59.3 Å². The molecule has 1 saturated heterocycles. The van der Waals surface area contributed by atoms with Crippen molar-refractivity contribution < 1.29 is 14.3 Å². The largest absolute Gasteiger partial charge is 0.496 e. The van der Waals surface area contributed by atoms with Gasteiger partial charge >= 0.3 is 0 Å². The molecule has 0 bridgehead atoms. The van der Waals surface area contributed by atoms with Crippen molar-refractivity contribution in [2.45, 2.75) is 67.0 Å². The van der Waals surface area contributed by atoms with E-state index in [4.69, 9.17) is 4.74 Å². The molecule has 2 heterocycles. The van der Waals surface area contributed by atoms with Crippen LogP contribution in [0.4, 0.5) is 10.8 Å². The van der Waals surface area contributed by atoms with E-state index in [9.17, 15) is 9.59 Å². The van der Waals surface area contributed by atoms with Crippen molar-refractivity contribution in [1.29, 1.82) is 0 Å². The first-order valence-electron chi connectivity index (χ1n) is 15.2. The maximum Gasteiger partial charge on any atom is 0.257 e. The summed E-state index contributed by atoms with van der Waals surface area (Å²) in [5, 5.41) is 3.48. The van der Waals surface area contributed by atoms with Gasteiger partial charge in [0.1, 0.15) is 5.75 Å². The van der Waals surface area contributed by atoms with Gasteiger partial charge in [-0.25, -0.2) is 4.98 Å². The summed E-state index contributed by atoms with van der Waals surface area (Å²) in [4.78, 5) is 34.9. The number of hydrogen-bond acceptors (Lipinski definition) is 8. The van der Waals surface area contributed by atoms with Crippen LogP contribution >= 0.6 is 23.1 Å². The summed E-state index contributed by atoms with van der Waals surface area (Å²) in [6.45, 7) is 6.30. The Morgan fingerprint density at radius 1 is 1.02 bits per heavy atom. The second-order valence-electron chi connectivity index (χ2n) is 11.8. The number of thiazole rings is 1. The molecule has 3 aliphatic rings. The molecule has 0 unspecified atom stereocenters. The molecule has 0 atom stereocenters. The average molecular weight is 605 g/mol. The van der Waals surface area contributed by atoms with E-state index in [-0.39, 0.29) is 5.91 Å². The zero-order chi connectivity index (χ0) is 29.1. The third-order valence-electron chi connectivity index (χ3n) is 9.45. The number of hydrogen-bond donors (Lipinski definition) is 1. The summed E-state index contributed by atoms with van der Waals surface area (Å²) in [5.74, 6) is 2.44. The van der Waals surface area contributed by atoms with E-state index < -0.39 is 0 Å². The molecule has 2 aromatic carbocycles. The predicted octanol–water partition coefficient (Wildman–Crippen LogP) is 7.16. The van der Waals surface area contributed by atoms with Crippen LogP contribution in [0.1, 0.15) is 71.2 Å². The second-order valence-corrected chi connectivity index (χ2v) is 14.2. The van der Waals surface area contributed by atoms with Gasteiger partial charge in [-0.3, -0.25) is 19.8 Å². The van der Waals surface area contributed by atoms with Gasteiger partial charge in [-0.05, 0) is 86.4 Å². The maximum atomic E-state index is 13.0. The average Bonchev–Trinajstić information content (AvgIpc) is 3.44. The van der Waals surface area contributed by atoms with Gasteiger partial charge < -0.3 is 9.64 Å². The number of benzene rings is 2. The van der Waals surface area contributed by atoms with Crippen LogP contribution in [0.2, 0.25) is 0 Å². The number of aldehydes is 1. The highest BCUT2D eigenvalue weighted by Crippen LogP contribution is 2.42. The number of piperazine rings is 1. The number of ether oxygens (including phenoxy) is 1. The summed E-state index contributed by atoms with van der Waals surface area (Å²) in [7, 11) is 1.56. The van der Waals surface area contributed by atoms with E-state index in [0.29, 0.717) is 22.0 Å². The van der Waals surface area contributed by atoms with E-state index >= 15 is 0 Å². The van der Waals surface area contributed by atoms with Crippen molar-refractivity contribution in [3.8, 4) is 5.75 Å². The fourth-order valence-electron chi connectivity index (χ4n) is 6.72. The number of amides is 1. The standard InChI is InChI=1S/C33H40N4O3S2/c1-22-18-29(40-2)26(21-38)19-30(22)41-31-20-34-33(42-31)35-32(39)25-8-12-28(13-9-25)37-16-14-36(15-17-37)27-10-6-24(7-11-27)23-4-3-5-23/h8-9,12-13,18-21,23-24,27H,3-7,10-11,14-17H2,1-2H3,(H,34,35,39). The van der Waals surface area contributed by atoms with Gasteiger partial charge in [0, 0.05) is 48.4 Å². The topological polar surface area (TPSA) is 74.8 Å². The fourth-order valence-corrected chi connectivity index (χ4v) is 8.66. The van der Waals surface area contributed by atoms with Gasteiger partial charge in [-0.2, -0.15) is 0 Å². The molecule has 2 saturated carbocycles. The van der Waals surface area contributed by atoms with Gasteiger partial charge in [-0.1, -0.05) is 42.4 Å². The second kappa shape index (κ2) is 13.2. The van der Waals surface area contributed by atoms with E-state index in [2.05, 4.69) is 32.2 Å². The Hall–Kier alpha value is -2.88. The Kier molecular flexibility index (Phi) is 9.17. The van der Waals surface area contributed by atoms with Crippen LogP contribution in [-0.2, 0) is 0 Å². The normalized spacial score (nSPS) is 21.5. The molecule has 3 aromatic rings. The van der Waals surface area contributed by atoms with Crippen LogP contribution in [0.25, 0.3) is 0 Å². The fraction of sp³-hybridized carbons (Fsp3) is 0.485. The molecule has 1 amide bonds. The number of nitrogens with zero attached hydrogens (tertiary/aromatic N) is 3. The van der Waals surface area contributed by atoms with Gasteiger partial charge in [-0.15, -0.1) is 0 Å². The van der Waals surface area contributed by atoms with Crippen LogP contribution < -0.4 is 15.0 Å². The van der Waals surface area contributed by atoms with Crippen LogP contribution in [0.15, 0.2) is 51.7 Å². The molecular formula is C33H40N4O3S2. The van der Waals surface area contributed by atoms with E-state index in [1.54, 1.807) is 13.3 Å². The molecule has 6 rings (SSSR count). The number of methoxy groups -OCH3 is 1. The Labute approximate surface area is 257 Å². The molecule has 42 heavy (non-hydrogen) atoms. The van der Waals surface area contributed by atoms with Crippen molar-refractivity contribution in [2.24, 2.45) is 11.8 Å². The molecule has 0 radical (unpaired) electrons. The lowest BCUT2D eigenvalue weighted by molar-refractivity contribution is 0.0898. The monoisotopic (exact) mass is 604 g/mol. The summed E-state index contributed by atoms with van der Waals surface area (Å²) in [5.41, 5.74) is 3.31. The highest BCUT2D eigenvalue weighted by molar-refractivity contribution is 8.01. The Morgan fingerprint density at radius 3 is 2.38 bits per heavy atom. The lowest BCUT2D eigenvalue weighted by Crippen LogP contribution is -2.51. The predicted molar refractivity (Wildman–Crippen MR) is 171 cm³/mol. The molecule has 9 heteroatoms. The van der Waals surface area contributed by atoms with Crippen LogP contribution in [-0.4, -0.2) is 61.4 Å². The van der Waals surface area contributed by atoms with Crippen molar-refractivity contribution in [1.82, 2.24) is 9.88 Å². The number of anilines is 2. The lowest BCUT2D eigenvalue weighted by atomic mass is 9.69. The molecule has 3 fully saturated rings. The Balaban J connectivity index is 0.988. The van der Waals surface area contributed by atoms with Gasteiger partial charge in [0.05, 0.1) is 23.1 Å². The van der Waals surface area contributed by atoms with Crippen LogP contribution in [0.3, 0.4) is 0 Å². The Morgan fingerprint density at radius 2 is 1.74 bits per heavy atom. The minimum absolute atomic E-state index is 0.168. The first-order valence-corrected chi connectivity index (χ1v) is 16.8. The molecule has 222 valence electrons. The molecule has 2 aliphatic carbocycles. The highest BCUT2D eigenvalue weighted by atomic mass is 32.2. The number of carbonyl (C=O) groups excluding carboxylic acids is 2. The summed E-state index contributed by atoms with van der Waals surface area (Å²) in [6, 6.07) is 12.4. The van der Waals surface area contributed by atoms with Crippen LogP contribution in [0, 0.1) is 18.8 Å². The number of carbonyl (C=O) groups is 2. The lowest BCUT2D eigenvalue weighted by Gasteiger charge is -2.44. The summed E-state index contributed by atoms with van der Waals surface area (Å²) < 4.78 is 6.22. The van der Waals surface area contributed by atoms with Gasteiger partial charge in [0.25, 0.3) is 5.91 Å². The molecule has 1 aliphatic heterocycles. The van der Waals surface area contributed by atoms with E-state index in [1.807, 2.05) is 31.2 Å². The minimum Gasteiger partial charge on any atom is -0.496 e. The zero-order valence-corrected chi connectivity index (χ0v) is 26.1. The molecule has 0 spiro atoms. The zero-order valence-electron chi connectivity index (χ0n) is 24.5. The Bertz CT molecular complexity index is 1390. The van der Waals surface area contributed by atoms with E-state index in [1.165, 1.54) is 73.7 Å². The van der Waals surface area contributed by atoms with E-state index in [0.717, 1.165) is 65.0 Å². The van der Waals surface area contributed by atoms with Crippen molar-refractivity contribution in [2.75, 3.05) is 43.5 Å². The number of nitrogens with one attached hydrogen (secondary N) is 1. The minimum atomic E-state index is -0.168.